The number of hydrogen-bond donors (Lipinski definition) is 1. The lowest BCUT2D eigenvalue weighted by molar-refractivity contribution is -0.119. The number of amides is 1. The molecule has 0 saturated carbocycles. The smallest absolute Gasteiger partial charge is 0.340 e. The molecule has 29 heavy (non-hydrogen) atoms. The van der Waals surface area contributed by atoms with Crippen LogP contribution in [-0.2, 0) is 20.9 Å². The molecule has 0 spiro atoms. The van der Waals surface area contributed by atoms with Gasteiger partial charge in [0.25, 0.3) is 5.91 Å². The number of hydrogen-bond acceptors (Lipinski definition) is 5. The highest BCUT2D eigenvalue weighted by atomic mass is 79.9. The van der Waals surface area contributed by atoms with Gasteiger partial charge < -0.3 is 14.8 Å². The van der Waals surface area contributed by atoms with Crippen LogP contribution in [0.1, 0.15) is 27.2 Å². The normalized spacial score (nSPS) is 10.8. The van der Waals surface area contributed by atoms with Crippen LogP contribution in [-0.4, -0.2) is 30.6 Å². The van der Waals surface area contributed by atoms with Gasteiger partial charge in [0.2, 0.25) is 0 Å². The molecule has 150 valence electrons. The van der Waals surface area contributed by atoms with Crippen molar-refractivity contribution in [3.8, 4) is 0 Å². The maximum Gasteiger partial charge on any atom is 0.340 e. The first-order chi connectivity index (χ1) is 13.9. The number of rotatable bonds is 6. The third kappa shape index (κ3) is 4.81. The van der Waals surface area contributed by atoms with Gasteiger partial charge in [-0.3, -0.25) is 4.79 Å². The lowest BCUT2D eigenvalue weighted by atomic mass is 10.0. The number of pyridine rings is 1. The molecule has 0 radical (unpaired) electrons. The summed E-state index contributed by atoms with van der Waals surface area (Å²) in [5.41, 5.74) is 3.90. The summed E-state index contributed by atoms with van der Waals surface area (Å²) >= 11 is 3.38. The molecular formula is C22H21BrN2O4. The van der Waals surface area contributed by atoms with Gasteiger partial charge in [0.1, 0.15) is 0 Å². The summed E-state index contributed by atoms with van der Waals surface area (Å²) in [5, 5.41) is 3.61. The summed E-state index contributed by atoms with van der Waals surface area (Å²) in [6.45, 7) is 3.49. The summed E-state index contributed by atoms with van der Waals surface area (Å²) in [6, 6.07) is 13.1. The SMILES string of the molecule is COCc1nc2ccccc2c(C)c1C(=O)OCC(=O)Nc1ccc(Br)cc1C. The molecule has 0 aliphatic rings. The van der Waals surface area contributed by atoms with E-state index in [2.05, 4.69) is 26.2 Å². The topological polar surface area (TPSA) is 77.5 Å². The Morgan fingerprint density at radius 3 is 2.62 bits per heavy atom. The molecule has 1 heterocycles. The molecule has 1 amide bonds. The van der Waals surface area contributed by atoms with Crippen molar-refractivity contribution in [2.24, 2.45) is 0 Å². The number of nitrogens with one attached hydrogen (secondary N) is 1. The van der Waals surface area contributed by atoms with Crippen molar-refractivity contribution in [1.82, 2.24) is 4.98 Å². The molecule has 3 rings (SSSR count). The lowest BCUT2D eigenvalue weighted by Crippen LogP contribution is -2.22. The molecule has 0 unspecified atom stereocenters. The van der Waals surface area contributed by atoms with E-state index >= 15 is 0 Å². The van der Waals surface area contributed by atoms with Gasteiger partial charge in [0.05, 0.1) is 23.4 Å². The fraction of sp³-hybridized carbons (Fsp3) is 0.227. The molecule has 1 aromatic heterocycles. The van der Waals surface area contributed by atoms with Crippen molar-refractivity contribution >= 4 is 44.4 Å². The van der Waals surface area contributed by atoms with Crippen molar-refractivity contribution in [3.05, 3.63) is 69.3 Å². The van der Waals surface area contributed by atoms with Crippen LogP contribution >= 0.6 is 15.9 Å². The van der Waals surface area contributed by atoms with Crippen LogP contribution in [0.3, 0.4) is 0 Å². The van der Waals surface area contributed by atoms with Gasteiger partial charge >= 0.3 is 5.97 Å². The van der Waals surface area contributed by atoms with Crippen LogP contribution in [0.2, 0.25) is 0 Å². The highest BCUT2D eigenvalue weighted by Gasteiger charge is 2.21. The summed E-state index contributed by atoms with van der Waals surface area (Å²) in [5.74, 6) is -1.01. The molecule has 7 heteroatoms. The predicted octanol–water partition coefficient (Wildman–Crippen LogP) is 4.56. The number of halogens is 1. The Hall–Kier alpha value is -2.77. The third-order valence-corrected chi connectivity index (χ3v) is 5.00. The number of methoxy groups -OCH3 is 1. The van der Waals surface area contributed by atoms with Crippen LogP contribution in [0, 0.1) is 13.8 Å². The fourth-order valence-electron chi connectivity index (χ4n) is 3.11. The monoisotopic (exact) mass is 456 g/mol. The zero-order valence-corrected chi connectivity index (χ0v) is 18.0. The third-order valence-electron chi connectivity index (χ3n) is 4.51. The van der Waals surface area contributed by atoms with E-state index in [0.29, 0.717) is 16.9 Å². The number of esters is 1. The summed E-state index contributed by atoms with van der Waals surface area (Å²) in [7, 11) is 1.54. The average Bonchev–Trinajstić information content (AvgIpc) is 2.69. The minimum absolute atomic E-state index is 0.167. The molecule has 6 nitrogen and oxygen atoms in total. The summed E-state index contributed by atoms with van der Waals surface area (Å²) in [6.07, 6.45) is 0. The largest absolute Gasteiger partial charge is 0.452 e. The second-order valence-corrected chi connectivity index (χ2v) is 7.51. The second kappa shape index (κ2) is 9.15. The van der Waals surface area contributed by atoms with E-state index in [4.69, 9.17) is 9.47 Å². The number of nitrogens with zero attached hydrogens (tertiary/aromatic N) is 1. The highest BCUT2D eigenvalue weighted by molar-refractivity contribution is 9.10. The first-order valence-electron chi connectivity index (χ1n) is 9.01. The van der Waals surface area contributed by atoms with Gasteiger partial charge in [-0.1, -0.05) is 34.1 Å². The van der Waals surface area contributed by atoms with Crippen LogP contribution < -0.4 is 5.32 Å². The Labute approximate surface area is 177 Å². The molecule has 2 aromatic carbocycles. The Morgan fingerprint density at radius 1 is 1.14 bits per heavy atom. The zero-order valence-electron chi connectivity index (χ0n) is 16.4. The molecule has 0 fully saturated rings. The van der Waals surface area contributed by atoms with Crippen molar-refractivity contribution in [2.75, 3.05) is 19.0 Å². The van der Waals surface area contributed by atoms with E-state index in [1.54, 1.807) is 6.07 Å². The molecule has 0 bridgehead atoms. The number of benzene rings is 2. The molecule has 0 saturated heterocycles. The first kappa shape index (κ1) is 21.0. The van der Waals surface area contributed by atoms with Gasteiger partial charge in [-0.25, -0.2) is 9.78 Å². The minimum Gasteiger partial charge on any atom is -0.452 e. The van der Waals surface area contributed by atoms with Crippen molar-refractivity contribution in [1.29, 1.82) is 0 Å². The van der Waals surface area contributed by atoms with E-state index in [9.17, 15) is 9.59 Å². The van der Waals surface area contributed by atoms with E-state index < -0.39 is 18.5 Å². The van der Waals surface area contributed by atoms with Gasteiger partial charge in [0.15, 0.2) is 6.61 Å². The Balaban J connectivity index is 1.77. The van der Waals surface area contributed by atoms with E-state index in [1.165, 1.54) is 7.11 Å². The molecule has 0 aliphatic heterocycles. The lowest BCUT2D eigenvalue weighted by Gasteiger charge is -2.14. The van der Waals surface area contributed by atoms with Crippen LogP contribution in [0.25, 0.3) is 10.9 Å². The highest BCUT2D eigenvalue weighted by Crippen LogP contribution is 2.24. The maximum atomic E-state index is 12.8. The Morgan fingerprint density at radius 2 is 1.90 bits per heavy atom. The number of aryl methyl sites for hydroxylation is 2. The van der Waals surface area contributed by atoms with Crippen LogP contribution in [0.15, 0.2) is 46.9 Å². The molecular weight excluding hydrogens is 436 g/mol. The number of anilines is 1. The number of carbonyl (C=O) groups excluding carboxylic acids is 2. The minimum atomic E-state index is -0.601. The van der Waals surface area contributed by atoms with Crippen molar-refractivity contribution in [3.63, 3.8) is 0 Å². The van der Waals surface area contributed by atoms with Crippen LogP contribution in [0.4, 0.5) is 5.69 Å². The average molecular weight is 457 g/mol. The number of aromatic nitrogens is 1. The number of ether oxygens (including phenoxy) is 2. The maximum absolute atomic E-state index is 12.8. The van der Waals surface area contributed by atoms with E-state index in [-0.39, 0.29) is 6.61 Å². The van der Waals surface area contributed by atoms with Crippen LogP contribution in [0.5, 0.6) is 0 Å². The zero-order chi connectivity index (χ0) is 21.0. The Bertz CT molecular complexity index is 1080. The first-order valence-corrected chi connectivity index (χ1v) is 9.80. The van der Waals surface area contributed by atoms with Crippen molar-refractivity contribution < 1.29 is 19.1 Å². The molecule has 0 atom stereocenters. The van der Waals surface area contributed by atoms with E-state index in [1.807, 2.05) is 50.2 Å². The predicted molar refractivity (Wildman–Crippen MR) is 115 cm³/mol. The second-order valence-electron chi connectivity index (χ2n) is 6.59. The van der Waals surface area contributed by atoms with Gasteiger partial charge in [-0.05, 0) is 49.2 Å². The summed E-state index contributed by atoms with van der Waals surface area (Å²) in [4.78, 5) is 29.6. The van der Waals surface area contributed by atoms with Gasteiger partial charge in [-0.15, -0.1) is 0 Å². The van der Waals surface area contributed by atoms with Gasteiger partial charge in [0, 0.05) is 22.7 Å². The number of para-hydroxylation sites is 1. The Kier molecular flexibility index (Phi) is 6.61. The molecule has 3 aromatic rings. The van der Waals surface area contributed by atoms with E-state index in [0.717, 1.165) is 26.5 Å². The summed E-state index contributed by atoms with van der Waals surface area (Å²) < 4.78 is 11.4. The fourth-order valence-corrected chi connectivity index (χ4v) is 3.59. The van der Waals surface area contributed by atoms with Crippen molar-refractivity contribution in [2.45, 2.75) is 20.5 Å². The quantitative estimate of drug-likeness (QED) is 0.550. The number of carbonyl (C=O) groups is 2. The molecule has 1 N–H and O–H groups in total. The standard InChI is InChI=1S/C22H21BrN2O4/c1-13-10-15(23)8-9-17(13)25-20(26)12-29-22(27)21-14(2)16-6-4-5-7-18(16)24-19(21)11-28-3/h4-10H,11-12H2,1-3H3,(H,25,26). The molecule has 0 aliphatic carbocycles. The van der Waals surface area contributed by atoms with Gasteiger partial charge in [-0.2, -0.15) is 0 Å². The number of fused-ring (bicyclic) bond motifs is 1.